The van der Waals surface area contributed by atoms with Gasteiger partial charge in [0.2, 0.25) is 0 Å². The molecule has 1 aliphatic heterocycles. The van der Waals surface area contributed by atoms with Crippen LogP contribution in [0.2, 0.25) is 0 Å². The Hall–Kier alpha value is -0.660. The van der Waals surface area contributed by atoms with E-state index in [1.54, 1.807) is 18.2 Å². The average molecular weight is 369 g/mol. The molecule has 2 nitrogen and oxygen atoms in total. The largest absolute Gasteiger partial charge is 0.389 e. The van der Waals surface area contributed by atoms with E-state index in [1.807, 2.05) is 4.90 Å². The first-order valence-corrected chi connectivity index (χ1v) is 7.63. The quantitative estimate of drug-likeness (QED) is 0.811. The van der Waals surface area contributed by atoms with Crippen LogP contribution in [0.5, 0.6) is 0 Å². The number of benzene rings is 1. The lowest BCUT2D eigenvalue weighted by atomic mass is 9.98. The number of hydrogen-bond donors (Lipinski definition) is 1. The van der Waals surface area contributed by atoms with Gasteiger partial charge in [-0.1, -0.05) is 12.1 Å². The SMILES string of the molecule is Fc1c(Br)cccc1[C@H](CCC(F)(F)F)N1CCNCC1. The molecule has 0 saturated carbocycles. The molecule has 1 aromatic rings. The van der Waals surface area contributed by atoms with E-state index in [1.165, 1.54) is 0 Å². The summed E-state index contributed by atoms with van der Waals surface area (Å²) in [5, 5.41) is 3.15. The smallest absolute Gasteiger partial charge is 0.314 e. The van der Waals surface area contributed by atoms with Gasteiger partial charge >= 0.3 is 6.18 Å². The van der Waals surface area contributed by atoms with Crippen molar-refractivity contribution in [2.24, 2.45) is 0 Å². The predicted molar refractivity (Wildman–Crippen MR) is 76.6 cm³/mol. The Morgan fingerprint density at radius 3 is 2.52 bits per heavy atom. The van der Waals surface area contributed by atoms with Crippen molar-refractivity contribution in [3.63, 3.8) is 0 Å². The number of piperazine rings is 1. The van der Waals surface area contributed by atoms with E-state index in [0.717, 1.165) is 0 Å². The van der Waals surface area contributed by atoms with Crippen molar-refractivity contribution in [3.05, 3.63) is 34.1 Å². The first kappa shape index (κ1) is 16.7. The summed E-state index contributed by atoms with van der Waals surface area (Å²) in [6, 6.07) is 4.23. The molecule has 0 spiro atoms. The molecular weight excluding hydrogens is 352 g/mol. The highest BCUT2D eigenvalue weighted by Crippen LogP contribution is 2.34. The van der Waals surface area contributed by atoms with E-state index < -0.39 is 24.5 Å². The van der Waals surface area contributed by atoms with Crippen LogP contribution in [0.4, 0.5) is 17.6 Å². The molecule has 1 atom stereocenters. The van der Waals surface area contributed by atoms with Crippen molar-refractivity contribution in [2.45, 2.75) is 25.1 Å². The molecule has 0 amide bonds. The average Bonchev–Trinajstić information content (AvgIpc) is 2.43. The summed E-state index contributed by atoms with van der Waals surface area (Å²) in [6.07, 6.45) is -5.26. The Labute approximate surface area is 129 Å². The normalized spacial score (nSPS) is 18.7. The third-order valence-corrected chi connectivity index (χ3v) is 4.25. The molecule has 21 heavy (non-hydrogen) atoms. The van der Waals surface area contributed by atoms with Gasteiger partial charge in [0.25, 0.3) is 0 Å². The van der Waals surface area contributed by atoms with Gasteiger partial charge in [0.1, 0.15) is 5.82 Å². The lowest BCUT2D eigenvalue weighted by Gasteiger charge is -2.35. The molecule has 1 aromatic carbocycles. The summed E-state index contributed by atoms with van der Waals surface area (Å²) in [6.45, 7) is 2.65. The van der Waals surface area contributed by atoms with E-state index in [9.17, 15) is 17.6 Å². The van der Waals surface area contributed by atoms with E-state index in [-0.39, 0.29) is 10.9 Å². The maximum Gasteiger partial charge on any atom is 0.389 e. The fraction of sp³-hybridized carbons (Fsp3) is 0.571. The lowest BCUT2D eigenvalue weighted by Crippen LogP contribution is -2.45. The van der Waals surface area contributed by atoms with Gasteiger partial charge in [-0.3, -0.25) is 4.90 Å². The van der Waals surface area contributed by atoms with Crippen LogP contribution < -0.4 is 5.32 Å². The number of nitrogens with zero attached hydrogens (tertiary/aromatic N) is 1. The molecule has 0 radical (unpaired) electrons. The van der Waals surface area contributed by atoms with Gasteiger partial charge in [0, 0.05) is 44.2 Å². The van der Waals surface area contributed by atoms with Gasteiger partial charge in [0.05, 0.1) is 4.47 Å². The summed E-state index contributed by atoms with van der Waals surface area (Å²) < 4.78 is 52.2. The molecular formula is C14H17BrF4N2. The molecule has 0 aliphatic carbocycles. The number of hydrogen-bond acceptors (Lipinski definition) is 2. The van der Waals surface area contributed by atoms with Crippen molar-refractivity contribution in [2.75, 3.05) is 26.2 Å². The highest BCUT2D eigenvalue weighted by Gasteiger charge is 2.32. The number of nitrogens with one attached hydrogen (secondary N) is 1. The van der Waals surface area contributed by atoms with Gasteiger partial charge in [-0.25, -0.2) is 4.39 Å². The molecule has 1 aliphatic rings. The van der Waals surface area contributed by atoms with Crippen molar-refractivity contribution >= 4 is 15.9 Å². The van der Waals surface area contributed by atoms with Crippen LogP contribution in [0.1, 0.15) is 24.4 Å². The van der Waals surface area contributed by atoms with E-state index in [2.05, 4.69) is 21.2 Å². The Kier molecular flexibility index (Phi) is 5.62. The Morgan fingerprint density at radius 2 is 1.90 bits per heavy atom. The molecule has 1 saturated heterocycles. The monoisotopic (exact) mass is 368 g/mol. The van der Waals surface area contributed by atoms with Gasteiger partial charge in [-0.05, 0) is 28.4 Å². The Morgan fingerprint density at radius 1 is 1.24 bits per heavy atom. The zero-order chi connectivity index (χ0) is 15.5. The first-order chi connectivity index (χ1) is 9.88. The molecule has 1 heterocycles. The zero-order valence-electron chi connectivity index (χ0n) is 11.4. The molecule has 7 heteroatoms. The molecule has 0 unspecified atom stereocenters. The van der Waals surface area contributed by atoms with Crippen LogP contribution in [0.3, 0.4) is 0 Å². The minimum atomic E-state index is -4.23. The maximum absolute atomic E-state index is 14.3. The van der Waals surface area contributed by atoms with Crippen LogP contribution in [-0.2, 0) is 0 Å². The summed E-state index contributed by atoms with van der Waals surface area (Å²) in [5.41, 5.74) is 0.329. The fourth-order valence-corrected chi connectivity index (χ4v) is 2.99. The number of alkyl halides is 3. The Balaban J connectivity index is 2.23. The van der Waals surface area contributed by atoms with Gasteiger partial charge in [-0.15, -0.1) is 0 Å². The van der Waals surface area contributed by atoms with Gasteiger partial charge < -0.3 is 5.32 Å². The van der Waals surface area contributed by atoms with Crippen LogP contribution in [0.15, 0.2) is 22.7 Å². The third-order valence-electron chi connectivity index (χ3n) is 3.63. The predicted octanol–water partition coefficient (Wildman–Crippen LogP) is 3.88. The second kappa shape index (κ2) is 7.07. The van der Waals surface area contributed by atoms with Gasteiger partial charge in [0.15, 0.2) is 0 Å². The highest BCUT2D eigenvalue weighted by atomic mass is 79.9. The van der Waals surface area contributed by atoms with Crippen molar-refractivity contribution < 1.29 is 17.6 Å². The second-order valence-electron chi connectivity index (χ2n) is 5.10. The lowest BCUT2D eigenvalue weighted by molar-refractivity contribution is -0.138. The summed E-state index contributed by atoms with van der Waals surface area (Å²) in [7, 11) is 0. The maximum atomic E-state index is 14.3. The molecule has 2 rings (SSSR count). The summed E-state index contributed by atoms with van der Waals surface area (Å²) in [5.74, 6) is -0.469. The van der Waals surface area contributed by atoms with Crippen molar-refractivity contribution in [3.8, 4) is 0 Å². The summed E-state index contributed by atoms with van der Waals surface area (Å²) in [4.78, 5) is 1.92. The first-order valence-electron chi connectivity index (χ1n) is 6.84. The van der Waals surface area contributed by atoms with Crippen LogP contribution >= 0.6 is 15.9 Å². The topological polar surface area (TPSA) is 15.3 Å². The van der Waals surface area contributed by atoms with Crippen LogP contribution in [-0.4, -0.2) is 37.3 Å². The molecule has 1 fully saturated rings. The fourth-order valence-electron chi connectivity index (χ4n) is 2.61. The Bertz CT molecular complexity index is 473. The third kappa shape index (κ3) is 4.66. The summed E-state index contributed by atoms with van der Waals surface area (Å²) >= 11 is 3.10. The number of halogens is 5. The molecule has 1 N–H and O–H groups in total. The van der Waals surface area contributed by atoms with E-state index >= 15 is 0 Å². The molecule has 0 bridgehead atoms. The highest BCUT2D eigenvalue weighted by molar-refractivity contribution is 9.10. The molecule has 118 valence electrons. The standard InChI is InChI=1S/C14H17BrF4N2/c15-11-3-1-2-10(13(11)16)12(4-5-14(17,18)19)21-8-6-20-7-9-21/h1-3,12,20H,4-9H2/t12-/m0/s1. The van der Waals surface area contributed by atoms with Crippen molar-refractivity contribution in [1.29, 1.82) is 0 Å². The van der Waals surface area contributed by atoms with E-state index in [4.69, 9.17) is 0 Å². The zero-order valence-corrected chi connectivity index (χ0v) is 13.0. The van der Waals surface area contributed by atoms with Gasteiger partial charge in [-0.2, -0.15) is 13.2 Å². The minimum Gasteiger partial charge on any atom is -0.314 e. The molecule has 0 aromatic heterocycles. The minimum absolute atomic E-state index is 0.128. The van der Waals surface area contributed by atoms with E-state index in [0.29, 0.717) is 31.7 Å². The second-order valence-corrected chi connectivity index (χ2v) is 5.95. The van der Waals surface area contributed by atoms with Crippen LogP contribution in [0.25, 0.3) is 0 Å². The number of rotatable bonds is 4. The van der Waals surface area contributed by atoms with Crippen molar-refractivity contribution in [1.82, 2.24) is 10.2 Å². The van der Waals surface area contributed by atoms with Crippen LogP contribution in [0, 0.1) is 5.82 Å².